The number of benzene rings is 1. The van der Waals surface area contributed by atoms with Crippen LogP contribution >= 0.6 is 0 Å². The van der Waals surface area contributed by atoms with Crippen molar-refractivity contribution in [1.82, 2.24) is 9.97 Å². The SMILES string of the molecule is O=C(Cc1ccnc(-c2ccccc2)c1)c1ccccn1. The Morgan fingerprint density at radius 3 is 2.43 bits per heavy atom. The normalized spacial score (nSPS) is 10.3. The van der Waals surface area contributed by atoms with E-state index in [2.05, 4.69) is 9.97 Å². The van der Waals surface area contributed by atoms with Crippen molar-refractivity contribution in [3.05, 3.63) is 84.3 Å². The van der Waals surface area contributed by atoms with Gasteiger partial charge < -0.3 is 0 Å². The maximum atomic E-state index is 12.2. The summed E-state index contributed by atoms with van der Waals surface area (Å²) >= 11 is 0. The number of hydrogen-bond donors (Lipinski definition) is 0. The first-order valence-corrected chi connectivity index (χ1v) is 6.77. The van der Waals surface area contributed by atoms with E-state index in [0.29, 0.717) is 12.1 Å². The fourth-order valence-corrected chi connectivity index (χ4v) is 2.15. The minimum atomic E-state index is 0.0146. The van der Waals surface area contributed by atoms with Gasteiger partial charge in [-0.3, -0.25) is 14.8 Å². The van der Waals surface area contributed by atoms with Gasteiger partial charge in [-0.1, -0.05) is 36.4 Å². The standard InChI is InChI=1S/C18H14N2O/c21-18(16-8-4-5-10-19-16)13-14-9-11-20-17(12-14)15-6-2-1-3-7-15/h1-12H,13H2. The average Bonchev–Trinajstić information content (AvgIpc) is 2.57. The number of carbonyl (C=O) groups is 1. The Labute approximate surface area is 123 Å². The molecule has 3 nitrogen and oxygen atoms in total. The fraction of sp³-hybridized carbons (Fsp3) is 0.0556. The zero-order chi connectivity index (χ0) is 14.5. The highest BCUT2D eigenvalue weighted by molar-refractivity contribution is 5.95. The molecule has 102 valence electrons. The Bertz CT molecular complexity index is 739. The smallest absolute Gasteiger partial charge is 0.185 e. The Hall–Kier alpha value is -2.81. The molecule has 3 aromatic rings. The molecule has 0 aliphatic carbocycles. The van der Waals surface area contributed by atoms with E-state index in [9.17, 15) is 4.79 Å². The summed E-state index contributed by atoms with van der Waals surface area (Å²) < 4.78 is 0. The molecule has 0 spiro atoms. The lowest BCUT2D eigenvalue weighted by atomic mass is 10.0. The summed E-state index contributed by atoms with van der Waals surface area (Å²) in [7, 11) is 0. The Morgan fingerprint density at radius 1 is 0.857 bits per heavy atom. The largest absolute Gasteiger partial charge is 0.292 e. The summed E-state index contributed by atoms with van der Waals surface area (Å²) in [6.45, 7) is 0. The molecular weight excluding hydrogens is 260 g/mol. The van der Waals surface area contributed by atoms with Gasteiger partial charge in [0.2, 0.25) is 0 Å². The van der Waals surface area contributed by atoms with Crippen molar-refractivity contribution in [2.75, 3.05) is 0 Å². The number of pyridine rings is 2. The van der Waals surface area contributed by atoms with E-state index in [-0.39, 0.29) is 5.78 Å². The highest BCUT2D eigenvalue weighted by atomic mass is 16.1. The average molecular weight is 274 g/mol. The van der Waals surface area contributed by atoms with Crippen LogP contribution in [0.15, 0.2) is 73.1 Å². The van der Waals surface area contributed by atoms with Gasteiger partial charge >= 0.3 is 0 Å². The molecule has 0 radical (unpaired) electrons. The molecule has 3 rings (SSSR count). The maximum absolute atomic E-state index is 12.2. The summed E-state index contributed by atoms with van der Waals surface area (Å²) in [4.78, 5) is 20.6. The number of carbonyl (C=O) groups excluding carboxylic acids is 1. The Balaban J connectivity index is 1.83. The molecule has 0 aliphatic heterocycles. The van der Waals surface area contributed by atoms with Crippen LogP contribution in [0.3, 0.4) is 0 Å². The van der Waals surface area contributed by atoms with Crippen molar-refractivity contribution >= 4 is 5.78 Å². The van der Waals surface area contributed by atoms with E-state index >= 15 is 0 Å². The zero-order valence-corrected chi connectivity index (χ0v) is 11.4. The van der Waals surface area contributed by atoms with E-state index < -0.39 is 0 Å². The van der Waals surface area contributed by atoms with Crippen molar-refractivity contribution < 1.29 is 4.79 Å². The third-order valence-corrected chi connectivity index (χ3v) is 3.21. The molecule has 2 aromatic heterocycles. The van der Waals surface area contributed by atoms with Gasteiger partial charge in [-0.25, -0.2) is 0 Å². The lowest BCUT2D eigenvalue weighted by Crippen LogP contribution is -2.05. The van der Waals surface area contributed by atoms with Crippen molar-refractivity contribution in [3.63, 3.8) is 0 Å². The predicted molar refractivity (Wildman–Crippen MR) is 81.9 cm³/mol. The summed E-state index contributed by atoms with van der Waals surface area (Å²) in [6, 6.07) is 19.1. The highest BCUT2D eigenvalue weighted by Gasteiger charge is 2.09. The van der Waals surface area contributed by atoms with Gasteiger partial charge in [-0.05, 0) is 29.8 Å². The second-order valence-electron chi connectivity index (χ2n) is 4.73. The van der Waals surface area contributed by atoms with E-state index in [4.69, 9.17) is 0 Å². The van der Waals surface area contributed by atoms with Gasteiger partial charge in [0, 0.05) is 24.4 Å². The number of aromatic nitrogens is 2. The Kier molecular flexibility index (Phi) is 3.83. The molecule has 0 N–H and O–H groups in total. The second-order valence-corrected chi connectivity index (χ2v) is 4.73. The van der Waals surface area contributed by atoms with Gasteiger partial charge in [0.1, 0.15) is 5.69 Å². The third-order valence-electron chi connectivity index (χ3n) is 3.21. The lowest BCUT2D eigenvalue weighted by Gasteiger charge is -2.04. The van der Waals surface area contributed by atoms with Gasteiger partial charge in [0.15, 0.2) is 5.78 Å². The molecule has 0 saturated carbocycles. The lowest BCUT2D eigenvalue weighted by molar-refractivity contribution is 0.0988. The van der Waals surface area contributed by atoms with Gasteiger partial charge in [0.05, 0.1) is 5.69 Å². The molecule has 0 fully saturated rings. The molecule has 0 atom stereocenters. The number of rotatable bonds is 4. The summed E-state index contributed by atoms with van der Waals surface area (Å²) in [5.74, 6) is 0.0146. The summed E-state index contributed by atoms with van der Waals surface area (Å²) in [6.07, 6.45) is 3.71. The van der Waals surface area contributed by atoms with Crippen LogP contribution in [0.2, 0.25) is 0 Å². The first-order valence-electron chi connectivity index (χ1n) is 6.77. The predicted octanol–water partition coefficient (Wildman–Crippen LogP) is 3.57. The third kappa shape index (κ3) is 3.20. The summed E-state index contributed by atoms with van der Waals surface area (Å²) in [5, 5.41) is 0. The maximum Gasteiger partial charge on any atom is 0.185 e. The number of nitrogens with zero attached hydrogens (tertiary/aromatic N) is 2. The van der Waals surface area contributed by atoms with E-state index in [0.717, 1.165) is 16.8 Å². The topological polar surface area (TPSA) is 42.9 Å². The molecule has 2 heterocycles. The van der Waals surface area contributed by atoms with E-state index in [1.807, 2.05) is 48.5 Å². The van der Waals surface area contributed by atoms with Gasteiger partial charge in [-0.15, -0.1) is 0 Å². The molecule has 0 bridgehead atoms. The quantitative estimate of drug-likeness (QED) is 0.683. The van der Waals surface area contributed by atoms with Gasteiger partial charge in [-0.2, -0.15) is 0 Å². The van der Waals surface area contributed by atoms with Crippen molar-refractivity contribution in [2.45, 2.75) is 6.42 Å². The minimum absolute atomic E-state index is 0.0146. The minimum Gasteiger partial charge on any atom is -0.292 e. The molecule has 3 heteroatoms. The molecule has 0 saturated heterocycles. The number of hydrogen-bond acceptors (Lipinski definition) is 3. The highest BCUT2D eigenvalue weighted by Crippen LogP contribution is 2.18. The van der Waals surface area contributed by atoms with Crippen LogP contribution in [0.25, 0.3) is 11.3 Å². The zero-order valence-electron chi connectivity index (χ0n) is 11.4. The van der Waals surface area contributed by atoms with Crippen molar-refractivity contribution in [1.29, 1.82) is 0 Å². The molecule has 0 unspecified atom stereocenters. The van der Waals surface area contributed by atoms with E-state index in [1.54, 1.807) is 24.5 Å². The monoisotopic (exact) mass is 274 g/mol. The molecule has 21 heavy (non-hydrogen) atoms. The first kappa shape index (κ1) is 13.2. The van der Waals surface area contributed by atoms with Crippen LogP contribution in [0.1, 0.15) is 16.1 Å². The van der Waals surface area contributed by atoms with E-state index in [1.165, 1.54) is 0 Å². The van der Waals surface area contributed by atoms with Crippen LogP contribution in [0, 0.1) is 0 Å². The second kappa shape index (κ2) is 6.09. The van der Waals surface area contributed by atoms with Crippen molar-refractivity contribution in [3.8, 4) is 11.3 Å². The molecule has 1 aromatic carbocycles. The van der Waals surface area contributed by atoms with Gasteiger partial charge in [0.25, 0.3) is 0 Å². The fourth-order valence-electron chi connectivity index (χ4n) is 2.15. The van der Waals surface area contributed by atoms with Crippen LogP contribution in [0.4, 0.5) is 0 Å². The summed E-state index contributed by atoms with van der Waals surface area (Å²) in [5.41, 5.74) is 3.36. The number of Topliss-reactive ketones (excluding diaryl/α,β-unsaturated/α-hetero) is 1. The molecular formula is C18H14N2O. The van der Waals surface area contributed by atoms with Crippen molar-refractivity contribution in [2.24, 2.45) is 0 Å². The molecule has 0 amide bonds. The molecule has 0 aliphatic rings. The van der Waals surface area contributed by atoms with Crippen LogP contribution in [0.5, 0.6) is 0 Å². The van der Waals surface area contributed by atoms with Crippen LogP contribution < -0.4 is 0 Å². The first-order chi connectivity index (χ1) is 10.3. The van der Waals surface area contributed by atoms with Crippen LogP contribution in [-0.2, 0) is 6.42 Å². The van der Waals surface area contributed by atoms with Crippen LogP contribution in [-0.4, -0.2) is 15.8 Å². The Morgan fingerprint density at radius 2 is 1.67 bits per heavy atom. The number of ketones is 1.